The molecule has 112 valence electrons. The minimum atomic E-state index is -0.273. The number of aliphatic hydroxyl groups excluding tert-OH is 1. The summed E-state index contributed by atoms with van der Waals surface area (Å²) < 4.78 is 0. The van der Waals surface area contributed by atoms with Crippen LogP contribution in [0.25, 0.3) is 0 Å². The van der Waals surface area contributed by atoms with Gasteiger partial charge in [0, 0.05) is 37.8 Å². The molecule has 0 aliphatic heterocycles. The molecular formula is C13H17N5O3. The van der Waals surface area contributed by atoms with E-state index >= 15 is 0 Å². The van der Waals surface area contributed by atoms with Crippen LogP contribution in [0.3, 0.4) is 0 Å². The summed E-state index contributed by atoms with van der Waals surface area (Å²) in [5.74, 6) is 0.562. The molecule has 0 aliphatic rings. The van der Waals surface area contributed by atoms with Gasteiger partial charge in [0.25, 0.3) is 5.56 Å². The number of aromatic amines is 2. The molecule has 1 amide bonds. The second-order valence-electron chi connectivity index (χ2n) is 4.49. The van der Waals surface area contributed by atoms with Gasteiger partial charge in [0.1, 0.15) is 5.82 Å². The molecular weight excluding hydrogens is 274 g/mol. The predicted molar refractivity (Wildman–Crippen MR) is 74.3 cm³/mol. The van der Waals surface area contributed by atoms with E-state index in [1.165, 1.54) is 11.0 Å². The van der Waals surface area contributed by atoms with Gasteiger partial charge in [0.15, 0.2) is 0 Å². The van der Waals surface area contributed by atoms with Crippen LogP contribution in [-0.2, 0) is 17.8 Å². The number of rotatable bonds is 7. The third-order valence-electron chi connectivity index (χ3n) is 2.95. The van der Waals surface area contributed by atoms with Crippen molar-refractivity contribution in [3.63, 3.8) is 0 Å². The van der Waals surface area contributed by atoms with Crippen LogP contribution < -0.4 is 5.56 Å². The molecule has 0 radical (unpaired) electrons. The molecule has 3 N–H and O–H groups in total. The molecule has 0 atom stereocenters. The maximum absolute atomic E-state index is 12.2. The molecule has 8 nitrogen and oxygen atoms in total. The highest BCUT2D eigenvalue weighted by atomic mass is 16.3. The van der Waals surface area contributed by atoms with E-state index in [0.29, 0.717) is 24.5 Å². The van der Waals surface area contributed by atoms with Crippen LogP contribution in [0.5, 0.6) is 0 Å². The lowest BCUT2D eigenvalue weighted by atomic mass is 10.2. The summed E-state index contributed by atoms with van der Waals surface area (Å²) in [5, 5.41) is 15.2. The van der Waals surface area contributed by atoms with E-state index in [1.54, 1.807) is 18.5 Å². The summed E-state index contributed by atoms with van der Waals surface area (Å²) in [6.45, 7) is 0.466. The van der Waals surface area contributed by atoms with Crippen molar-refractivity contribution in [1.29, 1.82) is 0 Å². The van der Waals surface area contributed by atoms with Crippen LogP contribution in [0, 0.1) is 0 Å². The van der Waals surface area contributed by atoms with Gasteiger partial charge in [-0.3, -0.25) is 9.59 Å². The van der Waals surface area contributed by atoms with E-state index in [9.17, 15) is 9.59 Å². The summed E-state index contributed by atoms with van der Waals surface area (Å²) in [4.78, 5) is 31.6. The number of hydrogen-bond acceptors (Lipinski definition) is 5. The monoisotopic (exact) mass is 291 g/mol. The second kappa shape index (κ2) is 7.34. The van der Waals surface area contributed by atoms with E-state index in [0.717, 1.165) is 0 Å². The number of carbonyl (C=O) groups excluding carboxylic acids is 1. The number of hydrogen-bond donors (Lipinski definition) is 3. The van der Waals surface area contributed by atoms with E-state index in [2.05, 4.69) is 20.2 Å². The quantitative estimate of drug-likeness (QED) is 0.633. The van der Waals surface area contributed by atoms with Crippen molar-refractivity contribution >= 4 is 5.91 Å². The lowest BCUT2D eigenvalue weighted by Crippen LogP contribution is -2.33. The summed E-state index contributed by atoms with van der Waals surface area (Å²) >= 11 is 0. The van der Waals surface area contributed by atoms with Crippen molar-refractivity contribution in [1.82, 2.24) is 25.1 Å². The zero-order valence-corrected chi connectivity index (χ0v) is 11.5. The normalized spacial score (nSPS) is 10.5. The molecule has 0 aromatic carbocycles. The van der Waals surface area contributed by atoms with Gasteiger partial charge in [-0.05, 0) is 6.07 Å². The number of H-pyrrole nitrogens is 2. The van der Waals surface area contributed by atoms with Gasteiger partial charge in [0.2, 0.25) is 5.91 Å². The van der Waals surface area contributed by atoms with Crippen LogP contribution in [-0.4, -0.2) is 49.2 Å². The Balaban J connectivity index is 1.91. The first-order valence-corrected chi connectivity index (χ1v) is 6.60. The van der Waals surface area contributed by atoms with Gasteiger partial charge >= 0.3 is 0 Å². The smallest absolute Gasteiger partial charge is 0.264 e. The van der Waals surface area contributed by atoms with E-state index in [-0.39, 0.29) is 31.0 Å². The van der Waals surface area contributed by atoms with Crippen molar-refractivity contribution in [3.05, 3.63) is 46.4 Å². The lowest BCUT2D eigenvalue weighted by Gasteiger charge is -2.20. The van der Waals surface area contributed by atoms with Crippen LogP contribution in [0.2, 0.25) is 0 Å². The molecule has 2 aromatic rings. The molecule has 0 fully saturated rings. The number of nitrogens with zero attached hydrogens (tertiary/aromatic N) is 3. The zero-order valence-electron chi connectivity index (χ0n) is 11.5. The topological polar surface area (TPSA) is 115 Å². The first-order chi connectivity index (χ1) is 10.2. The first-order valence-electron chi connectivity index (χ1n) is 6.60. The van der Waals surface area contributed by atoms with Crippen LogP contribution in [0.4, 0.5) is 0 Å². The number of nitrogens with one attached hydrogen (secondary N) is 2. The predicted octanol–water partition coefficient (Wildman–Crippen LogP) is -0.553. The number of imidazole rings is 1. The average Bonchev–Trinajstić information content (AvgIpc) is 2.99. The van der Waals surface area contributed by atoms with Gasteiger partial charge in [-0.1, -0.05) is 0 Å². The highest BCUT2D eigenvalue weighted by Gasteiger charge is 2.14. The molecule has 2 rings (SSSR count). The molecule has 2 aromatic heterocycles. The Labute approximate surface area is 120 Å². The third-order valence-corrected chi connectivity index (χ3v) is 2.95. The minimum absolute atomic E-state index is 0.103. The Morgan fingerprint density at radius 1 is 1.38 bits per heavy atom. The molecule has 0 spiro atoms. The van der Waals surface area contributed by atoms with Crippen molar-refractivity contribution < 1.29 is 9.90 Å². The van der Waals surface area contributed by atoms with Crippen molar-refractivity contribution in [3.8, 4) is 0 Å². The van der Waals surface area contributed by atoms with Gasteiger partial charge in [-0.25, -0.2) is 10.1 Å². The SMILES string of the molecule is O=C(CCc1ccc(=O)[nH]n1)N(CCO)Cc1ncc[nH]1. The summed E-state index contributed by atoms with van der Waals surface area (Å²) in [7, 11) is 0. The highest BCUT2D eigenvalue weighted by Crippen LogP contribution is 2.04. The van der Waals surface area contributed by atoms with Crippen LogP contribution in [0.15, 0.2) is 29.3 Å². The third kappa shape index (κ3) is 4.53. The number of aliphatic hydroxyl groups is 1. The zero-order chi connectivity index (χ0) is 15.1. The fraction of sp³-hybridized carbons (Fsp3) is 0.385. The summed E-state index contributed by atoms with van der Waals surface area (Å²) in [5.41, 5.74) is 0.370. The Kier molecular flexibility index (Phi) is 5.22. The summed E-state index contributed by atoms with van der Waals surface area (Å²) in [6.07, 6.45) is 3.97. The van der Waals surface area contributed by atoms with Gasteiger partial charge < -0.3 is 15.0 Å². The van der Waals surface area contributed by atoms with Crippen molar-refractivity contribution in [2.45, 2.75) is 19.4 Å². The molecule has 0 saturated carbocycles. The largest absolute Gasteiger partial charge is 0.395 e. The Morgan fingerprint density at radius 3 is 2.86 bits per heavy atom. The van der Waals surface area contributed by atoms with Crippen molar-refractivity contribution in [2.75, 3.05) is 13.2 Å². The lowest BCUT2D eigenvalue weighted by molar-refractivity contribution is -0.132. The van der Waals surface area contributed by atoms with Crippen LogP contribution in [0.1, 0.15) is 17.9 Å². The molecule has 2 heterocycles. The molecule has 0 bridgehead atoms. The van der Waals surface area contributed by atoms with Crippen LogP contribution >= 0.6 is 0 Å². The fourth-order valence-corrected chi connectivity index (χ4v) is 1.88. The molecule has 0 saturated heterocycles. The average molecular weight is 291 g/mol. The number of carbonyl (C=O) groups is 1. The number of amides is 1. The maximum atomic E-state index is 12.2. The van der Waals surface area contributed by atoms with Gasteiger partial charge in [-0.2, -0.15) is 5.10 Å². The molecule has 8 heteroatoms. The van der Waals surface area contributed by atoms with E-state index in [4.69, 9.17) is 5.11 Å². The molecule has 0 aliphatic carbocycles. The standard InChI is InChI=1S/C13H17N5O3/c19-8-7-18(9-11-14-5-6-15-11)13(21)4-2-10-1-3-12(20)17-16-10/h1,3,5-6,19H,2,4,7-9H2,(H,14,15)(H,17,20). The molecule has 0 unspecified atom stereocenters. The number of aryl methyl sites for hydroxylation is 1. The van der Waals surface area contributed by atoms with Crippen molar-refractivity contribution in [2.24, 2.45) is 0 Å². The Hall–Kier alpha value is -2.48. The number of aromatic nitrogens is 4. The second-order valence-corrected chi connectivity index (χ2v) is 4.49. The van der Waals surface area contributed by atoms with Gasteiger partial charge in [-0.15, -0.1) is 0 Å². The Bertz CT molecular complexity index is 602. The van der Waals surface area contributed by atoms with Gasteiger partial charge in [0.05, 0.1) is 18.8 Å². The molecule has 21 heavy (non-hydrogen) atoms. The van der Waals surface area contributed by atoms with E-state index in [1.807, 2.05) is 0 Å². The fourth-order valence-electron chi connectivity index (χ4n) is 1.88. The van der Waals surface area contributed by atoms with E-state index < -0.39 is 0 Å². The Morgan fingerprint density at radius 2 is 2.24 bits per heavy atom. The maximum Gasteiger partial charge on any atom is 0.264 e. The first kappa shape index (κ1) is 14.9. The highest BCUT2D eigenvalue weighted by molar-refractivity contribution is 5.76. The summed E-state index contributed by atoms with van der Waals surface area (Å²) in [6, 6.07) is 2.97. The minimum Gasteiger partial charge on any atom is -0.395 e.